The quantitative estimate of drug-likeness (QED) is 0.191. The van der Waals surface area contributed by atoms with Gasteiger partial charge in [-0.25, -0.2) is 4.79 Å². The molecular weight excluding hydrogens is 576 g/mol. The van der Waals surface area contributed by atoms with Crippen LogP contribution in [0.1, 0.15) is 140 Å². The smallest absolute Gasteiger partial charge is 0.315 e. The number of ether oxygens (including phenoxy) is 1. The van der Waals surface area contributed by atoms with Gasteiger partial charge in [-0.2, -0.15) is 0 Å². The summed E-state index contributed by atoms with van der Waals surface area (Å²) in [6.07, 6.45) is 10.5. The van der Waals surface area contributed by atoms with Gasteiger partial charge in [0, 0.05) is 17.0 Å². The molecule has 0 aromatic rings. The highest BCUT2D eigenvalue weighted by Gasteiger charge is 2.71. The van der Waals surface area contributed by atoms with Gasteiger partial charge in [-0.15, -0.1) is 0 Å². The lowest BCUT2D eigenvalue weighted by Crippen LogP contribution is -2.69. The van der Waals surface area contributed by atoms with Crippen molar-refractivity contribution in [2.75, 3.05) is 0 Å². The molecule has 0 aliphatic heterocycles. The number of esters is 1. The van der Waals surface area contributed by atoms with E-state index in [2.05, 4.69) is 58.8 Å². The van der Waals surface area contributed by atoms with Crippen molar-refractivity contribution in [1.29, 1.82) is 0 Å². The van der Waals surface area contributed by atoms with Crippen LogP contribution in [0.4, 0.5) is 4.79 Å². The van der Waals surface area contributed by atoms with Gasteiger partial charge in [0.2, 0.25) is 0 Å². The summed E-state index contributed by atoms with van der Waals surface area (Å²) in [5, 5.41) is 16.3. The highest BCUT2D eigenvalue weighted by atomic mass is 16.5. The number of carbonyl (C=O) groups excluding carboxylic acids is 2. The number of carboxylic acids is 1. The zero-order valence-corrected chi connectivity index (χ0v) is 30.6. The molecule has 2 amide bonds. The highest BCUT2D eigenvalue weighted by molar-refractivity contribution is 5.81. The standard InChI is InChI=1S/C39H64N2O5/c1-23(2)25-14-19-39(41-33(45)40-24(3)4)21-20-37(10)26(31(25)39)12-13-28-36(9)17-16-29(46-30(42)22-34(5,6)32(43)44)35(7,8)27(36)15-18-38(28,37)11/h24-29,31H,1,12-22H2,2-11H3,(H,43,44)(H2,40,41,45)/t25-,26+,27-,28+,29?,31?,36-,37+,38?,39-/m0/s1. The Morgan fingerprint density at radius 1 is 0.891 bits per heavy atom. The second kappa shape index (κ2) is 11.5. The molecule has 10 atom stereocenters. The van der Waals surface area contributed by atoms with Crippen LogP contribution in [0.25, 0.3) is 0 Å². The lowest BCUT2D eigenvalue weighted by atomic mass is 9.32. The van der Waals surface area contributed by atoms with Crippen LogP contribution in [-0.4, -0.2) is 40.8 Å². The number of nitrogens with one attached hydrogen (secondary N) is 2. The Balaban J connectivity index is 1.41. The van der Waals surface area contributed by atoms with E-state index in [1.54, 1.807) is 13.8 Å². The van der Waals surface area contributed by atoms with E-state index < -0.39 is 17.4 Å². The van der Waals surface area contributed by atoms with Gasteiger partial charge in [0.25, 0.3) is 0 Å². The van der Waals surface area contributed by atoms with E-state index in [-0.39, 0.29) is 51.8 Å². The number of carboxylic acid groups (broad SMARTS) is 1. The van der Waals surface area contributed by atoms with Crippen molar-refractivity contribution >= 4 is 18.0 Å². The molecule has 5 aliphatic carbocycles. The summed E-state index contributed by atoms with van der Waals surface area (Å²) in [6, 6.07) is 0.0804. The number of hydrogen-bond donors (Lipinski definition) is 3. The number of urea groups is 1. The summed E-state index contributed by atoms with van der Waals surface area (Å²) in [7, 11) is 0. The minimum absolute atomic E-state index is 0.0231. The van der Waals surface area contributed by atoms with E-state index >= 15 is 0 Å². The summed E-state index contributed by atoms with van der Waals surface area (Å²) < 4.78 is 6.15. The zero-order valence-electron chi connectivity index (χ0n) is 30.6. The maximum atomic E-state index is 13.2. The van der Waals surface area contributed by atoms with Gasteiger partial charge in [0.15, 0.2) is 0 Å². The fourth-order valence-corrected chi connectivity index (χ4v) is 12.7. The largest absolute Gasteiger partial charge is 0.481 e. The predicted octanol–water partition coefficient (Wildman–Crippen LogP) is 8.52. The number of aliphatic carboxylic acids is 1. The molecule has 5 saturated carbocycles. The molecule has 7 nitrogen and oxygen atoms in total. The van der Waals surface area contributed by atoms with Crippen LogP contribution in [0, 0.1) is 56.7 Å². The van der Waals surface area contributed by atoms with Gasteiger partial charge in [-0.05, 0) is 145 Å². The molecule has 0 spiro atoms. The molecule has 0 aromatic heterocycles. The maximum Gasteiger partial charge on any atom is 0.315 e. The van der Waals surface area contributed by atoms with Gasteiger partial charge in [0.05, 0.1) is 11.8 Å². The van der Waals surface area contributed by atoms with Gasteiger partial charge in [0.1, 0.15) is 6.10 Å². The third-order valence-corrected chi connectivity index (χ3v) is 15.2. The minimum Gasteiger partial charge on any atom is -0.481 e. The Labute approximate surface area is 278 Å². The molecule has 260 valence electrons. The van der Waals surface area contributed by atoms with Crippen LogP contribution >= 0.6 is 0 Å². The molecule has 0 radical (unpaired) electrons. The Hall–Kier alpha value is -2.05. The first kappa shape index (κ1) is 35.3. The van der Waals surface area contributed by atoms with Crippen LogP contribution in [0.5, 0.6) is 0 Å². The van der Waals surface area contributed by atoms with Gasteiger partial charge in [-0.1, -0.05) is 46.8 Å². The van der Waals surface area contributed by atoms with E-state index in [0.29, 0.717) is 29.6 Å². The van der Waals surface area contributed by atoms with E-state index in [9.17, 15) is 19.5 Å². The highest BCUT2D eigenvalue weighted by Crippen LogP contribution is 2.76. The van der Waals surface area contributed by atoms with Gasteiger partial charge >= 0.3 is 18.0 Å². The van der Waals surface area contributed by atoms with Gasteiger partial charge in [-0.3, -0.25) is 9.59 Å². The Morgan fingerprint density at radius 2 is 1.57 bits per heavy atom. The third kappa shape index (κ3) is 5.32. The first-order valence-electron chi connectivity index (χ1n) is 18.3. The molecule has 3 unspecified atom stereocenters. The molecule has 5 fully saturated rings. The number of hydrogen-bond acceptors (Lipinski definition) is 4. The Kier molecular flexibility index (Phi) is 8.84. The van der Waals surface area contributed by atoms with Crippen LogP contribution in [0.3, 0.4) is 0 Å². The fraction of sp³-hybridized carbons (Fsp3) is 0.872. The molecular formula is C39H64N2O5. The lowest BCUT2D eigenvalue weighted by Gasteiger charge is -2.73. The molecule has 3 N–H and O–H groups in total. The van der Waals surface area contributed by atoms with E-state index in [1.807, 2.05) is 13.8 Å². The van der Waals surface area contributed by atoms with Gasteiger partial charge < -0.3 is 20.5 Å². The topological polar surface area (TPSA) is 105 Å². The van der Waals surface area contributed by atoms with Crippen molar-refractivity contribution in [3.63, 3.8) is 0 Å². The molecule has 0 saturated heterocycles. The van der Waals surface area contributed by atoms with Crippen LogP contribution in [0.15, 0.2) is 12.2 Å². The van der Waals surface area contributed by atoms with Crippen LogP contribution in [-0.2, 0) is 14.3 Å². The van der Waals surface area contributed by atoms with E-state index in [0.717, 1.165) is 44.9 Å². The summed E-state index contributed by atoms with van der Waals surface area (Å²) in [4.78, 5) is 37.9. The average molecular weight is 641 g/mol. The number of allylic oxidation sites excluding steroid dienone is 1. The van der Waals surface area contributed by atoms with Crippen LogP contribution < -0.4 is 10.6 Å². The molecule has 46 heavy (non-hydrogen) atoms. The first-order valence-corrected chi connectivity index (χ1v) is 18.3. The summed E-state index contributed by atoms with van der Waals surface area (Å²) in [5.41, 5.74) is 0.256. The van der Waals surface area contributed by atoms with Crippen molar-refractivity contribution < 1.29 is 24.2 Å². The van der Waals surface area contributed by atoms with Crippen molar-refractivity contribution in [1.82, 2.24) is 10.6 Å². The van der Waals surface area contributed by atoms with Crippen LogP contribution in [0.2, 0.25) is 0 Å². The van der Waals surface area contributed by atoms with Crippen molar-refractivity contribution in [3.8, 4) is 0 Å². The molecule has 0 bridgehead atoms. The summed E-state index contributed by atoms with van der Waals surface area (Å²) in [6.45, 7) is 26.3. The molecule has 5 aliphatic rings. The number of fused-ring (bicyclic) bond motifs is 7. The number of carbonyl (C=O) groups is 3. The maximum absolute atomic E-state index is 13.2. The summed E-state index contributed by atoms with van der Waals surface area (Å²) in [5.74, 6) is 1.02. The molecule has 7 heteroatoms. The third-order valence-electron chi connectivity index (χ3n) is 15.2. The first-order chi connectivity index (χ1) is 21.1. The van der Waals surface area contributed by atoms with Crippen molar-refractivity contribution in [2.24, 2.45) is 56.7 Å². The average Bonchev–Trinajstić information content (AvgIpc) is 3.29. The second-order valence-corrected chi connectivity index (χ2v) is 18.8. The Morgan fingerprint density at radius 3 is 2.17 bits per heavy atom. The van der Waals surface area contributed by atoms with E-state index in [1.165, 1.54) is 24.8 Å². The van der Waals surface area contributed by atoms with Crippen molar-refractivity contribution in [2.45, 2.75) is 158 Å². The predicted molar refractivity (Wildman–Crippen MR) is 182 cm³/mol. The monoisotopic (exact) mass is 640 g/mol. The SMILES string of the molecule is C=C(C)[C@@H]1CC[C@]2(NC(=O)NC(C)C)CC[C@]3(C)[C@H](CC[C@H]4C3(C)CC[C@H]3C(C)(C)C(OC(=O)CC(C)(C)C(=O)O)CC[C@@]34C)C12. The Bertz CT molecular complexity index is 1260. The molecule has 0 heterocycles. The summed E-state index contributed by atoms with van der Waals surface area (Å²) >= 11 is 0. The lowest BCUT2D eigenvalue weighted by molar-refractivity contribution is -0.246. The zero-order chi connectivity index (χ0) is 34.3. The fourth-order valence-electron chi connectivity index (χ4n) is 12.7. The number of amides is 2. The second-order valence-electron chi connectivity index (χ2n) is 18.8. The molecule has 5 rings (SSSR count). The molecule has 0 aromatic carbocycles. The minimum atomic E-state index is -1.14. The van der Waals surface area contributed by atoms with E-state index in [4.69, 9.17) is 4.74 Å². The number of rotatable bonds is 7. The van der Waals surface area contributed by atoms with Crippen molar-refractivity contribution in [3.05, 3.63) is 12.2 Å². The normalized spacial score (nSPS) is 42.9.